The monoisotopic (exact) mass is 427 g/mol. The summed E-state index contributed by atoms with van der Waals surface area (Å²) in [6, 6.07) is 4.41. The molecule has 1 aromatic heterocycles. The number of nitro benzene ring substituents is 1. The second kappa shape index (κ2) is 7.01. The number of carbonyl (C=O) groups is 1. The lowest BCUT2D eigenvalue weighted by Crippen LogP contribution is -2.32. The Balaban J connectivity index is 1.51. The van der Waals surface area contributed by atoms with Gasteiger partial charge in [0.15, 0.2) is 0 Å². The van der Waals surface area contributed by atoms with E-state index in [1.807, 2.05) is 0 Å². The number of benzene rings is 1. The first kappa shape index (κ1) is 20.7. The molecular formula is C21H25N5O3S. The predicted octanol–water partition coefficient (Wildman–Crippen LogP) is 4.38. The highest BCUT2D eigenvalue weighted by molar-refractivity contribution is 8.00. The van der Waals surface area contributed by atoms with Gasteiger partial charge in [-0.3, -0.25) is 14.9 Å². The smallest absolute Gasteiger partial charge is 0.271 e. The highest BCUT2D eigenvalue weighted by Gasteiger charge is 2.61. The zero-order valence-corrected chi connectivity index (χ0v) is 18.5. The summed E-state index contributed by atoms with van der Waals surface area (Å²) in [4.78, 5) is 28.0. The summed E-state index contributed by atoms with van der Waals surface area (Å²) in [5.41, 5.74) is 3.22. The second-order valence-corrected chi connectivity index (χ2v) is 10.3. The summed E-state index contributed by atoms with van der Waals surface area (Å²) in [5, 5.41) is 22.6. The molecule has 0 saturated heterocycles. The van der Waals surface area contributed by atoms with Crippen LogP contribution < -0.4 is 5.32 Å². The summed E-state index contributed by atoms with van der Waals surface area (Å²) in [5.74, 6) is 0.120. The maximum atomic E-state index is 12.7. The number of hydrogen-bond donors (Lipinski definition) is 1. The van der Waals surface area contributed by atoms with Crippen molar-refractivity contribution in [3.8, 4) is 0 Å². The van der Waals surface area contributed by atoms with Crippen molar-refractivity contribution in [3.05, 3.63) is 45.3 Å². The number of fused-ring (bicyclic) bond motifs is 5. The van der Waals surface area contributed by atoms with Crippen molar-refractivity contribution in [2.45, 2.75) is 69.2 Å². The first-order valence-corrected chi connectivity index (χ1v) is 10.9. The van der Waals surface area contributed by atoms with Gasteiger partial charge < -0.3 is 5.32 Å². The van der Waals surface area contributed by atoms with Crippen molar-refractivity contribution in [2.24, 2.45) is 5.41 Å². The van der Waals surface area contributed by atoms with Gasteiger partial charge in [-0.05, 0) is 37.7 Å². The SMILES string of the molecule is Cc1ccc([N+](=O)[O-])cc1NC(=O)C(C)Sc1nnc2c(n1)C1(C)CCC2C1(C)C. The van der Waals surface area contributed by atoms with Crippen LogP contribution in [0.2, 0.25) is 0 Å². The minimum atomic E-state index is -0.483. The minimum absolute atomic E-state index is 0.0240. The van der Waals surface area contributed by atoms with Crippen LogP contribution in [0.3, 0.4) is 0 Å². The molecule has 2 bridgehead atoms. The molecule has 4 rings (SSSR count). The maximum absolute atomic E-state index is 12.7. The highest BCUT2D eigenvalue weighted by atomic mass is 32.2. The lowest BCUT2D eigenvalue weighted by atomic mass is 9.70. The van der Waals surface area contributed by atoms with Crippen LogP contribution in [0.4, 0.5) is 11.4 Å². The molecule has 1 saturated carbocycles. The number of rotatable bonds is 5. The molecule has 1 fully saturated rings. The van der Waals surface area contributed by atoms with Crippen LogP contribution in [-0.4, -0.2) is 31.3 Å². The predicted molar refractivity (Wildman–Crippen MR) is 115 cm³/mol. The summed E-state index contributed by atoms with van der Waals surface area (Å²) >= 11 is 1.25. The zero-order valence-electron chi connectivity index (χ0n) is 17.7. The topological polar surface area (TPSA) is 111 Å². The molecule has 0 radical (unpaired) electrons. The normalized spacial score (nSPS) is 24.4. The number of carbonyl (C=O) groups excluding carboxylic acids is 1. The number of nitro groups is 1. The molecule has 1 N–H and O–H groups in total. The third kappa shape index (κ3) is 3.07. The molecule has 158 valence electrons. The van der Waals surface area contributed by atoms with Gasteiger partial charge in [0, 0.05) is 23.5 Å². The zero-order chi connectivity index (χ0) is 21.8. The number of anilines is 1. The van der Waals surface area contributed by atoms with E-state index in [1.54, 1.807) is 19.9 Å². The lowest BCUT2D eigenvalue weighted by Gasteiger charge is -2.34. The van der Waals surface area contributed by atoms with Gasteiger partial charge in [-0.25, -0.2) is 4.98 Å². The maximum Gasteiger partial charge on any atom is 0.271 e. The van der Waals surface area contributed by atoms with Crippen LogP contribution in [0.1, 0.15) is 63.4 Å². The van der Waals surface area contributed by atoms with Gasteiger partial charge in [-0.15, -0.1) is 5.10 Å². The fraction of sp³-hybridized carbons (Fsp3) is 0.524. The van der Waals surface area contributed by atoms with Crippen molar-refractivity contribution in [1.82, 2.24) is 15.2 Å². The standard InChI is InChI=1S/C21H25N5O3S/c1-11-6-7-13(26(28)29)10-15(11)22-18(27)12(2)30-19-23-17-16(24-25-19)14-8-9-21(17,5)20(14,3)4/h6-7,10,12,14H,8-9H2,1-5H3,(H,22,27). The van der Waals surface area contributed by atoms with Crippen LogP contribution >= 0.6 is 11.8 Å². The van der Waals surface area contributed by atoms with E-state index < -0.39 is 10.2 Å². The number of thioether (sulfide) groups is 1. The van der Waals surface area contributed by atoms with Crippen molar-refractivity contribution >= 4 is 29.0 Å². The first-order chi connectivity index (χ1) is 14.0. The molecule has 1 aromatic carbocycles. The third-order valence-corrected chi connectivity index (χ3v) is 8.06. The Labute approximate surface area is 179 Å². The minimum Gasteiger partial charge on any atom is -0.325 e. The van der Waals surface area contributed by atoms with Gasteiger partial charge in [-0.2, -0.15) is 5.10 Å². The first-order valence-electron chi connectivity index (χ1n) is 10.0. The quantitative estimate of drug-likeness (QED) is 0.428. The number of hydrogen-bond acceptors (Lipinski definition) is 7. The Bertz CT molecular complexity index is 1060. The molecule has 3 atom stereocenters. The van der Waals surface area contributed by atoms with Crippen molar-refractivity contribution in [3.63, 3.8) is 0 Å². The number of aryl methyl sites for hydroxylation is 1. The molecule has 2 aliphatic rings. The van der Waals surface area contributed by atoms with E-state index >= 15 is 0 Å². The molecule has 8 nitrogen and oxygen atoms in total. The van der Waals surface area contributed by atoms with Gasteiger partial charge in [0.1, 0.15) is 0 Å². The molecule has 9 heteroatoms. The van der Waals surface area contributed by atoms with E-state index in [0.29, 0.717) is 16.8 Å². The van der Waals surface area contributed by atoms with Gasteiger partial charge in [0.25, 0.3) is 5.69 Å². The molecule has 1 amide bonds. The van der Waals surface area contributed by atoms with Gasteiger partial charge >= 0.3 is 0 Å². The number of nitrogens with one attached hydrogen (secondary N) is 1. The molecule has 30 heavy (non-hydrogen) atoms. The summed E-state index contributed by atoms with van der Waals surface area (Å²) < 4.78 is 0. The third-order valence-electron chi connectivity index (χ3n) is 7.11. The molecule has 1 heterocycles. The number of aromatic nitrogens is 3. The highest BCUT2D eigenvalue weighted by Crippen LogP contribution is 2.66. The molecule has 2 aliphatic carbocycles. The fourth-order valence-electron chi connectivity index (χ4n) is 4.72. The van der Waals surface area contributed by atoms with E-state index in [0.717, 1.165) is 29.8 Å². The summed E-state index contributed by atoms with van der Waals surface area (Å²) in [6.07, 6.45) is 2.20. The number of amides is 1. The summed E-state index contributed by atoms with van der Waals surface area (Å²) in [7, 11) is 0. The molecule has 3 unspecified atom stereocenters. The van der Waals surface area contributed by atoms with Crippen LogP contribution in [0, 0.1) is 22.5 Å². The fourth-order valence-corrected chi connectivity index (χ4v) is 5.43. The van der Waals surface area contributed by atoms with E-state index in [-0.39, 0.29) is 22.4 Å². The van der Waals surface area contributed by atoms with E-state index in [2.05, 4.69) is 36.3 Å². The van der Waals surface area contributed by atoms with Crippen LogP contribution in [0.15, 0.2) is 23.4 Å². The van der Waals surface area contributed by atoms with Crippen LogP contribution in [0.5, 0.6) is 0 Å². The van der Waals surface area contributed by atoms with Gasteiger partial charge in [0.2, 0.25) is 11.1 Å². The molecular weight excluding hydrogens is 402 g/mol. The average Bonchev–Trinajstić information content (AvgIpc) is 3.01. The number of non-ortho nitro benzene ring substituents is 1. The largest absolute Gasteiger partial charge is 0.325 e. The molecule has 2 aromatic rings. The second-order valence-electron chi connectivity index (χ2n) is 8.98. The van der Waals surface area contributed by atoms with Crippen LogP contribution in [-0.2, 0) is 10.2 Å². The molecule has 0 aliphatic heterocycles. The van der Waals surface area contributed by atoms with Crippen molar-refractivity contribution in [2.75, 3.05) is 5.32 Å². The van der Waals surface area contributed by atoms with E-state index in [9.17, 15) is 14.9 Å². The Hall–Kier alpha value is -2.55. The Kier molecular flexibility index (Phi) is 4.84. The average molecular weight is 428 g/mol. The van der Waals surface area contributed by atoms with E-state index in [4.69, 9.17) is 4.98 Å². The number of nitrogens with zero attached hydrogens (tertiary/aromatic N) is 4. The molecule has 0 spiro atoms. The van der Waals surface area contributed by atoms with Gasteiger partial charge in [-0.1, -0.05) is 38.6 Å². The Morgan fingerprint density at radius 1 is 1.33 bits per heavy atom. The van der Waals surface area contributed by atoms with E-state index in [1.165, 1.54) is 23.9 Å². The lowest BCUT2D eigenvalue weighted by molar-refractivity contribution is -0.384. The van der Waals surface area contributed by atoms with Crippen molar-refractivity contribution in [1.29, 1.82) is 0 Å². The van der Waals surface area contributed by atoms with Crippen molar-refractivity contribution < 1.29 is 9.72 Å². The Morgan fingerprint density at radius 2 is 2.07 bits per heavy atom. The Morgan fingerprint density at radius 3 is 2.77 bits per heavy atom. The van der Waals surface area contributed by atoms with Crippen LogP contribution in [0.25, 0.3) is 0 Å². The van der Waals surface area contributed by atoms with Gasteiger partial charge in [0.05, 0.1) is 27.2 Å². The summed E-state index contributed by atoms with van der Waals surface area (Å²) in [6.45, 7) is 10.4.